The summed E-state index contributed by atoms with van der Waals surface area (Å²) in [5.41, 5.74) is 0. The number of aromatic hydroxyl groups is 2. The lowest BCUT2D eigenvalue weighted by molar-refractivity contribution is -0.145. The Morgan fingerprint density at radius 2 is 1.62 bits per heavy atom. The normalized spacial score (nSPS) is 15.0. The quantitative estimate of drug-likeness (QED) is 0.169. The Morgan fingerprint density at radius 3 is 2.19 bits per heavy atom. The van der Waals surface area contributed by atoms with E-state index in [4.69, 9.17) is 4.84 Å². The maximum Gasteiger partial charge on any atom is 0.334 e. The molecule has 2 amide bonds. The van der Waals surface area contributed by atoms with Crippen LogP contribution in [0.15, 0.2) is 24.3 Å². The Bertz CT molecular complexity index is 1040. The van der Waals surface area contributed by atoms with Crippen LogP contribution in [0.3, 0.4) is 0 Å². The highest BCUT2D eigenvalue weighted by molar-refractivity contribution is 7.56. The summed E-state index contributed by atoms with van der Waals surface area (Å²) < 4.78 is 19.7. The lowest BCUT2D eigenvalue weighted by Crippen LogP contribution is -2.43. The van der Waals surface area contributed by atoms with Crippen molar-refractivity contribution in [1.82, 2.24) is 28.5 Å². The van der Waals surface area contributed by atoms with Crippen LogP contribution in [0.1, 0.15) is 12.8 Å². The molecule has 0 fully saturated rings. The highest BCUT2D eigenvalue weighted by atomic mass is 31.2. The second-order valence-electron chi connectivity index (χ2n) is 8.59. The molecule has 14 nitrogen and oxygen atoms in total. The maximum atomic E-state index is 14.4. The number of carbonyl (C=O) groups excluding carboxylic acids is 4. The van der Waals surface area contributed by atoms with Gasteiger partial charge in [-0.25, -0.2) is 18.8 Å². The molecule has 0 spiro atoms. The van der Waals surface area contributed by atoms with Crippen LogP contribution in [-0.4, -0.2) is 130 Å². The highest BCUT2D eigenvalue weighted by Crippen LogP contribution is 2.53. The summed E-state index contributed by atoms with van der Waals surface area (Å²) in [5.74, 6) is -2.18. The zero-order valence-corrected chi connectivity index (χ0v) is 22.4. The summed E-state index contributed by atoms with van der Waals surface area (Å²) in [6.45, 7) is 1.48. The van der Waals surface area contributed by atoms with E-state index < -0.39 is 25.3 Å². The van der Waals surface area contributed by atoms with Gasteiger partial charge in [0.25, 0.3) is 7.59 Å². The fourth-order valence-electron chi connectivity index (χ4n) is 3.66. The molecule has 1 atom stereocenters. The van der Waals surface area contributed by atoms with Gasteiger partial charge in [-0.1, -0.05) is 6.08 Å². The smallest absolute Gasteiger partial charge is 0.334 e. The van der Waals surface area contributed by atoms with Crippen molar-refractivity contribution < 1.29 is 38.8 Å². The molecule has 0 saturated heterocycles. The zero-order valence-electron chi connectivity index (χ0n) is 21.5. The molecule has 1 aromatic heterocycles. The van der Waals surface area contributed by atoms with Crippen molar-refractivity contribution in [2.24, 2.45) is 0 Å². The van der Waals surface area contributed by atoms with Crippen LogP contribution in [0, 0.1) is 0 Å². The van der Waals surface area contributed by atoms with Gasteiger partial charge in [-0.3, -0.25) is 14.2 Å². The van der Waals surface area contributed by atoms with Crippen molar-refractivity contribution in [3.05, 3.63) is 24.3 Å². The minimum absolute atomic E-state index is 0.00229. The number of likely N-dealkylation sites (N-methyl/N-ethyl adjacent to an activating group) is 3. The van der Waals surface area contributed by atoms with E-state index >= 15 is 0 Å². The number of aldehydes is 1. The number of aromatic nitrogens is 1. The third kappa shape index (κ3) is 7.65. The van der Waals surface area contributed by atoms with Gasteiger partial charge in [0.05, 0.1) is 12.8 Å². The predicted molar refractivity (Wildman–Crippen MR) is 134 cm³/mol. The van der Waals surface area contributed by atoms with Gasteiger partial charge < -0.3 is 29.6 Å². The second kappa shape index (κ2) is 13.4. The third-order valence-electron chi connectivity index (χ3n) is 6.00. The summed E-state index contributed by atoms with van der Waals surface area (Å²) in [5, 5.41) is 19.3. The topological polar surface area (TPSA) is 156 Å². The molecule has 0 bridgehead atoms. The first kappa shape index (κ1) is 30.0. The van der Waals surface area contributed by atoms with Gasteiger partial charge in [-0.15, -0.1) is 4.73 Å². The summed E-state index contributed by atoms with van der Waals surface area (Å²) in [6.07, 6.45) is 3.29. The first-order valence-electron chi connectivity index (χ1n) is 11.6. The molecule has 15 heteroatoms. The summed E-state index contributed by atoms with van der Waals surface area (Å²) in [4.78, 5) is 54.8. The molecule has 2 rings (SSSR count). The Kier molecular flexibility index (Phi) is 10.9. The third-order valence-corrected chi connectivity index (χ3v) is 9.27. The van der Waals surface area contributed by atoms with E-state index in [-0.39, 0.29) is 50.8 Å². The van der Waals surface area contributed by atoms with Gasteiger partial charge in [0.1, 0.15) is 6.29 Å². The molecule has 2 heterocycles. The fourth-order valence-corrected chi connectivity index (χ4v) is 6.28. The first-order valence-corrected chi connectivity index (χ1v) is 13.2. The number of nitrogens with zero attached hydrogens (tertiary/aromatic N) is 6. The molecule has 0 aliphatic carbocycles. The number of rotatable bonds is 15. The van der Waals surface area contributed by atoms with Crippen molar-refractivity contribution in [3.63, 3.8) is 0 Å². The van der Waals surface area contributed by atoms with Crippen LogP contribution in [0.2, 0.25) is 0 Å². The average molecular weight is 543 g/mol. The lowest BCUT2D eigenvalue weighted by atomic mass is 10.4. The SMILES string of the molecule is CN(CCN(C)P(=O)(N(C)CCC(=O)On1c(O)ccc1O)N(C)CCN1CC=CC1=O)C(=O)CC=O. The van der Waals surface area contributed by atoms with Crippen molar-refractivity contribution in [3.8, 4) is 11.8 Å². The van der Waals surface area contributed by atoms with E-state index in [1.807, 2.05) is 0 Å². The van der Waals surface area contributed by atoms with Crippen LogP contribution >= 0.6 is 7.59 Å². The molecule has 1 unspecified atom stereocenters. The summed E-state index contributed by atoms with van der Waals surface area (Å²) in [6, 6.07) is 2.31. The standard InChI is InChI=1S/C22H35N6O8P/c1-23(18(30)10-17-29)13-14-25(3)37(35,26(4)15-16-27-11-5-6-19(27)31)24(2)12-9-22(34)36-28-20(32)7-8-21(28)33/h5-8,17,32-33H,9-16H2,1-4H3. The van der Waals surface area contributed by atoms with Gasteiger partial charge in [0, 0.05) is 64.5 Å². The molecule has 206 valence electrons. The van der Waals surface area contributed by atoms with Gasteiger partial charge in [-0.05, 0) is 21.1 Å². The van der Waals surface area contributed by atoms with Crippen LogP contribution < -0.4 is 4.84 Å². The molecule has 0 aromatic carbocycles. The fraction of sp³-hybridized carbons (Fsp3) is 0.545. The number of carbonyl (C=O) groups is 4. The van der Waals surface area contributed by atoms with Crippen LogP contribution in [-0.2, 0) is 23.7 Å². The van der Waals surface area contributed by atoms with Gasteiger partial charge in [0.2, 0.25) is 23.6 Å². The molecule has 2 N–H and O–H groups in total. The molecule has 1 aliphatic rings. The second-order valence-corrected chi connectivity index (χ2v) is 11.7. The molecule has 1 aromatic rings. The molecular formula is C22H35N6O8P. The first-order chi connectivity index (χ1) is 17.4. The van der Waals surface area contributed by atoms with E-state index in [2.05, 4.69) is 0 Å². The Labute approximate surface area is 215 Å². The minimum atomic E-state index is -3.50. The van der Waals surface area contributed by atoms with Crippen LogP contribution in [0.5, 0.6) is 11.8 Å². The molecule has 1 aliphatic heterocycles. The molecule has 0 saturated carbocycles. The largest absolute Gasteiger partial charge is 0.492 e. The molecule has 37 heavy (non-hydrogen) atoms. The van der Waals surface area contributed by atoms with E-state index in [0.717, 1.165) is 12.1 Å². The molecule has 0 radical (unpaired) electrons. The van der Waals surface area contributed by atoms with Gasteiger partial charge in [0.15, 0.2) is 0 Å². The number of hydrogen-bond donors (Lipinski definition) is 2. The zero-order chi connectivity index (χ0) is 27.8. The maximum absolute atomic E-state index is 14.4. The summed E-state index contributed by atoms with van der Waals surface area (Å²) in [7, 11) is 2.91. The highest BCUT2D eigenvalue weighted by Gasteiger charge is 2.38. The van der Waals surface area contributed by atoms with E-state index in [1.165, 1.54) is 15.6 Å². The van der Waals surface area contributed by atoms with Crippen molar-refractivity contribution in [1.29, 1.82) is 0 Å². The van der Waals surface area contributed by atoms with Crippen molar-refractivity contribution in [2.75, 3.05) is 67.5 Å². The van der Waals surface area contributed by atoms with E-state index in [1.54, 1.807) is 48.5 Å². The number of hydrogen-bond acceptors (Lipinski definition) is 8. The Balaban J connectivity index is 2.10. The monoisotopic (exact) mass is 542 g/mol. The Morgan fingerprint density at radius 1 is 1.03 bits per heavy atom. The van der Waals surface area contributed by atoms with Crippen molar-refractivity contribution in [2.45, 2.75) is 12.8 Å². The average Bonchev–Trinajstić information content (AvgIpc) is 3.42. The lowest BCUT2D eigenvalue weighted by Gasteiger charge is -2.41. The minimum Gasteiger partial charge on any atom is -0.492 e. The van der Waals surface area contributed by atoms with Gasteiger partial charge in [-0.2, -0.15) is 0 Å². The Hall–Kier alpha value is -3.19. The van der Waals surface area contributed by atoms with E-state index in [9.17, 15) is 34.0 Å². The number of amides is 2. The molecular weight excluding hydrogens is 507 g/mol. The van der Waals surface area contributed by atoms with E-state index in [0.29, 0.717) is 24.1 Å². The predicted octanol–water partition coefficient (Wildman–Crippen LogP) is -0.406. The summed E-state index contributed by atoms with van der Waals surface area (Å²) >= 11 is 0. The van der Waals surface area contributed by atoms with Gasteiger partial charge >= 0.3 is 5.97 Å². The van der Waals surface area contributed by atoms with Crippen LogP contribution in [0.4, 0.5) is 0 Å². The van der Waals surface area contributed by atoms with Crippen LogP contribution in [0.25, 0.3) is 0 Å². The van der Waals surface area contributed by atoms with Crippen molar-refractivity contribution >= 4 is 31.7 Å².